The zero-order chi connectivity index (χ0) is 19.5. The van der Waals surface area contributed by atoms with Gasteiger partial charge in [0.05, 0.1) is 37.0 Å². The molecule has 0 aliphatic carbocycles. The van der Waals surface area contributed by atoms with Crippen LogP contribution in [0.1, 0.15) is 5.56 Å². The molecule has 0 aliphatic rings. The normalized spacial score (nSPS) is 10.8. The van der Waals surface area contributed by atoms with Gasteiger partial charge in [-0.15, -0.1) is 0 Å². The van der Waals surface area contributed by atoms with E-state index in [-0.39, 0.29) is 5.56 Å². The summed E-state index contributed by atoms with van der Waals surface area (Å²) < 4.78 is 6.68. The molecule has 3 aromatic heterocycles. The minimum absolute atomic E-state index is 0.223. The number of ether oxygens (including phenoxy) is 1. The Morgan fingerprint density at radius 2 is 1.93 bits per heavy atom. The number of halogens is 1. The molecule has 1 N–H and O–H groups in total. The number of nitrogens with zero attached hydrogens (tertiary/aromatic N) is 4. The quantitative estimate of drug-likeness (QED) is 0.560. The van der Waals surface area contributed by atoms with Gasteiger partial charge in [0, 0.05) is 23.0 Å². The van der Waals surface area contributed by atoms with Crippen molar-refractivity contribution in [2.24, 2.45) is 0 Å². The van der Waals surface area contributed by atoms with Crippen LogP contribution in [0.4, 0.5) is 0 Å². The highest BCUT2D eigenvalue weighted by Gasteiger charge is 2.14. The van der Waals surface area contributed by atoms with Gasteiger partial charge in [-0.1, -0.05) is 23.7 Å². The molecule has 4 rings (SSSR count). The van der Waals surface area contributed by atoms with E-state index in [1.54, 1.807) is 56.2 Å². The van der Waals surface area contributed by atoms with Gasteiger partial charge in [0.2, 0.25) is 0 Å². The number of pyridine rings is 2. The summed E-state index contributed by atoms with van der Waals surface area (Å²) in [5.41, 5.74) is 5.06. The van der Waals surface area contributed by atoms with Crippen LogP contribution in [0.15, 0.2) is 66.0 Å². The number of rotatable bonds is 5. The van der Waals surface area contributed by atoms with Crippen LogP contribution in [0.5, 0.6) is 5.75 Å². The van der Waals surface area contributed by atoms with Crippen LogP contribution in [-0.2, 0) is 6.54 Å². The van der Waals surface area contributed by atoms with Gasteiger partial charge in [-0.25, -0.2) is 9.66 Å². The topological polar surface area (TPSA) is 81.9 Å². The molecule has 28 heavy (non-hydrogen) atoms. The average Bonchev–Trinajstić information content (AvgIpc) is 2.74. The fourth-order valence-electron chi connectivity index (χ4n) is 2.80. The van der Waals surface area contributed by atoms with Crippen LogP contribution >= 0.6 is 11.6 Å². The first-order valence-corrected chi connectivity index (χ1v) is 8.88. The Morgan fingerprint density at radius 1 is 1.11 bits per heavy atom. The molecule has 0 saturated carbocycles. The Labute approximate surface area is 165 Å². The average molecular weight is 394 g/mol. The van der Waals surface area contributed by atoms with E-state index in [1.807, 2.05) is 12.1 Å². The molecule has 0 unspecified atom stereocenters. The predicted octanol–water partition coefficient (Wildman–Crippen LogP) is 3.26. The zero-order valence-corrected chi connectivity index (χ0v) is 15.7. The first-order chi connectivity index (χ1) is 13.7. The van der Waals surface area contributed by atoms with E-state index in [9.17, 15) is 4.79 Å². The lowest BCUT2D eigenvalue weighted by molar-refractivity contribution is 0.413. The van der Waals surface area contributed by atoms with Crippen molar-refractivity contribution in [2.75, 3.05) is 12.5 Å². The SMILES string of the molecule is COc1cncc(-c2nc3cnccc3c(=O)n2NCc2ccc(Cl)cc2)c1. The molecule has 0 spiro atoms. The van der Waals surface area contributed by atoms with Gasteiger partial charge in [0.25, 0.3) is 5.56 Å². The van der Waals surface area contributed by atoms with Crippen LogP contribution in [-0.4, -0.2) is 26.7 Å². The van der Waals surface area contributed by atoms with Crippen molar-refractivity contribution < 1.29 is 4.74 Å². The molecule has 8 heteroatoms. The largest absolute Gasteiger partial charge is 0.495 e. The van der Waals surface area contributed by atoms with Crippen LogP contribution in [0.3, 0.4) is 0 Å². The first kappa shape index (κ1) is 17.9. The Hall–Kier alpha value is -3.45. The van der Waals surface area contributed by atoms with Crippen molar-refractivity contribution in [3.05, 3.63) is 82.1 Å². The Bertz CT molecular complexity index is 1190. The lowest BCUT2D eigenvalue weighted by atomic mass is 10.2. The van der Waals surface area contributed by atoms with Crippen molar-refractivity contribution >= 4 is 22.5 Å². The van der Waals surface area contributed by atoms with E-state index >= 15 is 0 Å². The summed E-state index contributed by atoms with van der Waals surface area (Å²) in [7, 11) is 1.56. The molecule has 0 aliphatic heterocycles. The Kier molecular flexibility index (Phi) is 4.90. The zero-order valence-electron chi connectivity index (χ0n) is 15.0. The third kappa shape index (κ3) is 3.52. The van der Waals surface area contributed by atoms with Crippen molar-refractivity contribution in [3.63, 3.8) is 0 Å². The highest BCUT2D eigenvalue weighted by molar-refractivity contribution is 6.30. The second kappa shape index (κ2) is 7.66. The summed E-state index contributed by atoms with van der Waals surface area (Å²) >= 11 is 5.94. The van der Waals surface area contributed by atoms with Crippen LogP contribution in [0.25, 0.3) is 22.3 Å². The molecule has 0 fully saturated rings. The molecule has 4 aromatic rings. The molecule has 0 saturated heterocycles. The van der Waals surface area contributed by atoms with Crippen molar-refractivity contribution in [3.8, 4) is 17.1 Å². The standard InChI is InChI=1S/C20H16ClN5O2/c1-28-16-8-14(10-23-11-16)19-25-18-12-22-7-6-17(18)20(27)26(19)24-9-13-2-4-15(21)5-3-13/h2-8,10-12,24H,9H2,1H3. The van der Waals surface area contributed by atoms with Gasteiger partial charge in [-0.2, -0.15) is 0 Å². The highest BCUT2D eigenvalue weighted by atomic mass is 35.5. The predicted molar refractivity (Wildman–Crippen MR) is 108 cm³/mol. The van der Waals surface area contributed by atoms with E-state index in [0.29, 0.717) is 39.6 Å². The number of methoxy groups -OCH3 is 1. The molecule has 0 bridgehead atoms. The first-order valence-electron chi connectivity index (χ1n) is 8.50. The van der Waals surface area contributed by atoms with E-state index in [0.717, 1.165) is 5.56 Å². The summed E-state index contributed by atoms with van der Waals surface area (Å²) in [6.07, 6.45) is 6.36. The van der Waals surface area contributed by atoms with Gasteiger partial charge >= 0.3 is 0 Å². The maximum Gasteiger partial charge on any atom is 0.280 e. The summed E-state index contributed by atoms with van der Waals surface area (Å²) in [6, 6.07) is 10.8. The minimum Gasteiger partial charge on any atom is -0.495 e. The lowest BCUT2D eigenvalue weighted by Crippen LogP contribution is -2.31. The van der Waals surface area contributed by atoms with Crippen molar-refractivity contribution in [1.29, 1.82) is 0 Å². The fraction of sp³-hybridized carbons (Fsp3) is 0.100. The third-order valence-electron chi connectivity index (χ3n) is 4.23. The van der Waals surface area contributed by atoms with E-state index in [2.05, 4.69) is 20.4 Å². The lowest BCUT2D eigenvalue weighted by Gasteiger charge is -2.15. The van der Waals surface area contributed by atoms with E-state index < -0.39 is 0 Å². The van der Waals surface area contributed by atoms with Gasteiger partial charge in [-0.3, -0.25) is 14.8 Å². The number of nitrogens with one attached hydrogen (secondary N) is 1. The Balaban J connectivity index is 1.83. The fourth-order valence-corrected chi connectivity index (χ4v) is 2.93. The molecule has 1 aromatic carbocycles. The molecule has 0 amide bonds. The van der Waals surface area contributed by atoms with E-state index in [1.165, 1.54) is 4.68 Å². The molecular formula is C20H16ClN5O2. The van der Waals surface area contributed by atoms with Gasteiger partial charge in [-0.05, 0) is 29.8 Å². The van der Waals surface area contributed by atoms with Gasteiger partial charge in [0.15, 0.2) is 5.82 Å². The number of benzene rings is 1. The van der Waals surface area contributed by atoms with Gasteiger partial charge in [0.1, 0.15) is 5.75 Å². The molecule has 7 nitrogen and oxygen atoms in total. The molecule has 3 heterocycles. The third-order valence-corrected chi connectivity index (χ3v) is 4.49. The molecule has 0 radical (unpaired) electrons. The van der Waals surface area contributed by atoms with Crippen molar-refractivity contribution in [1.82, 2.24) is 19.6 Å². The summed E-state index contributed by atoms with van der Waals surface area (Å²) in [6.45, 7) is 0.416. The van der Waals surface area contributed by atoms with Crippen LogP contribution < -0.4 is 15.7 Å². The van der Waals surface area contributed by atoms with Crippen molar-refractivity contribution in [2.45, 2.75) is 6.54 Å². The number of hydrogen-bond acceptors (Lipinski definition) is 6. The number of aromatic nitrogens is 4. The molecular weight excluding hydrogens is 378 g/mol. The highest BCUT2D eigenvalue weighted by Crippen LogP contribution is 2.21. The monoisotopic (exact) mass is 393 g/mol. The van der Waals surface area contributed by atoms with Crippen LogP contribution in [0.2, 0.25) is 5.02 Å². The second-order valence-electron chi connectivity index (χ2n) is 6.04. The summed E-state index contributed by atoms with van der Waals surface area (Å²) in [5, 5.41) is 1.13. The molecule has 0 atom stereocenters. The number of fused-ring (bicyclic) bond motifs is 1. The van der Waals surface area contributed by atoms with Gasteiger partial charge < -0.3 is 10.2 Å². The summed E-state index contributed by atoms with van der Waals surface area (Å²) in [4.78, 5) is 26.0. The maximum atomic E-state index is 13.1. The minimum atomic E-state index is -0.223. The van der Waals surface area contributed by atoms with Crippen LogP contribution in [0, 0.1) is 0 Å². The Morgan fingerprint density at radius 3 is 2.71 bits per heavy atom. The maximum absolute atomic E-state index is 13.1. The summed E-state index contributed by atoms with van der Waals surface area (Å²) in [5.74, 6) is 0.994. The molecule has 140 valence electrons. The second-order valence-corrected chi connectivity index (χ2v) is 6.48. The van der Waals surface area contributed by atoms with E-state index in [4.69, 9.17) is 16.3 Å². The smallest absolute Gasteiger partial charge is 0.280 e. The number of hydrogen-bond donors (Lipinski definition) is 1.